The Labute approximate surface area is 147 Å². The molecule has 0 radical (unpaired) electrons. The van der Waals surface area contributed by atoms with Crippen molar-refractivity contribution in [2.75, 3.05) is 6.61 Å². The molecule has 1 N–H and O–H groups in total. The van der Waals surface area contributed by atoms with Gasteiger partial charge in [0.2, 0.25) is 0 Å². The van der Waals surface area contributed by atoms with Crippen LogP contribution in [-0.4, -0.2) is 17.5 Å². The molecule has 1 rings (SSSR count). The van der Waals surface area contributed by atoms with Crippen molar-refractivity contribution in [1.82, 2.24) is 0 Å². The van der Waals surface area contributed by atoms with Crippen LogP contribution in [0.1, 0.15) is 58.3 Å². The number of aliphatic hydroxyl groups excluding tert-OH is 1. The molecular weight excluding hydrogens is 296 g/mol. The van der Waals surface area contributed by atoms with Gasteiger partial charge in [0.15, 0.2) is 5.78 Å². The number of carbonyl (C=O) groups excluding carboxylic acids is 1. The molecule has 0 bridgehead atoms. The van der Waals surface area contributed by atoms with Crippen molar-refractivity contribution in [2.45, 2.75) is 58.3 Å². The predicted molar refractivity (Wildman–Crippen MR) is 103 cm³/mol. The first kappa shape index (κ1) is 20.4. The first-order chi connectivity index (χ1) is 11.8. The molecule has 1 aliphatic rings. The molecule has 0 aliphatic heterocycles. The maximum absolute atomic E-state index is 12.0. The second-order valence-corrected chi connectivity index (χ2v) is 6.08. The summed E-state index contributed by atoms with van der Waals surface area (Å²) in [6, 6.07) is 0. The van der Waals surface area contributed by atoms with Crippen LogP contribution in [-0.2, 0) is 4.79 Å². The van der Waals surface area contributed by atoms with Gasteiger partial charge in [-0.15, -0.1) is 0 Å². The molecule has 0 saturated carbocycles. The molecule has 0 saturated heterocycles. The Morgan fingerprint density at radius 3 is 2.54 bits per heavy atom. The second-order valence-electron chi connectivity index (χ2n) is 6.08. The minimum Gasteiger partial charge on any atom is -0.396 e. The summed E-state index contributed by atoms with van der Waals surface area (Å²) in [5.41, 5.74) is 0.955. The average Bonchev–Trinajstić information content (AvgIpc) is 2.93. The minimum absolute atomic E-state index is 0.170. The van der Waals surface area contributed by atoms with Crippen LogP contribution in [0.4, 0.5) is 0 Å². The van der Waals surface area contributed by atoms with Gasteiger partial charge in [-0.3, -0.25) is 4.79 Å². The normalized spacial score (nSPS) is 19.8. The fourth-order valence-electron chi connectivity index (χ4n) is 2.66. The summed E-state index contributed by atoms with van der Waals surface area (Å²) in [6.45, 7) is 2.38. The van der Waals surface area contributed by atoms with Gasteiger partial charge in [-0.1, -0.05) is 55.5 Å². The molecule has 24 heavy (non-hydrogen) atoms. The molecular formula is C22H32O2. The SMILES string of the molecule is CC/C=C\C/C=C\CCC/C=C1/C(=O)C=C[C@@H]1C/C=C\CCCO. The first-order valence-corrected chi connectivity index (χ1v) is 9.28. The van der Waals surface area contributed by atoms with Gasteiger partial charge in [0.1, 0.15) is 0 Å². The summed E-state index contributed by atoms with van der Waals surface area (Å²) < 4.78 is 0. The van der Waals surface area contributed by atoms with Crippen molar-refractivity contribution < 1.29 is 9.90 Å². The van der Waals surface area contributed by atoms with Crippen LogP contribution in [0.15, 0.2) is 60.3 Å². The number of aliphatic hydroxyl groups is 1. The molecule has 1 aliphatic carbocycles. The monoisotopic (exact) mass is 328 g/mol. The Balaban J connectivity index is 2.29. The van der Waals surface area contributed by atoms with E-state index in [1.54, 1.807) is 6.08 Å². The van der Waals surface area contributed by atoms with Crippen molar-refractivity contribution in [2.24, 2.45) is 5.92 Å². The van der Waals surface area contributed by atoms with E-state index in [0.29, 0.717) is 0 Å². The Kier molecular flexibility index (Phi) is 11.7. The summed E-state index contributed by atoms with van der Waals surface area (Å²) in [5.74, 6) is 0.404. The molecule has 2 nitrogen and oxygen atoms in total. The van der Waals surface area contributed by atoms with Crippen molar-refractivity contribution in [1.29, 1.82) is 0 Å². The lowest BCUT2D eigenvalue weighted by Crippen LogP contribution is -2.02. The second kappa shape index (κ2) is 13.7. The van der Waals surface area contributed by atoms with E-state index < -0.39 is 0 Å². The molecule has 0 aromatic rings. The number of ketones is 1. The third kappa shape index (κ3) is 8.83. The van der Waals surface area contributed by atoms with Gasteiger partial charge in [-0.05, 0) is 57.4 Å². The van der Waals surface area contributed by atoms with E-state index in [-0.39, 0.29) is 18.3 Å². The van der Waals surface area contributed by atoms with Crippen LogP contribution in [0.5, 0.6) is 0 Å². The molecule has 2 heteroatoms. The number of unbranched alkanes of at least 4 members (excludes halogenated alkanes) is 3. The number of hydrogen-bond acceptors (Lipinski definition) is 2. The maximum atomic E-state index is 12.0. The number of carbonyl (C=O) groups is 1. The Morgan fingerprint density at radius 2 is 1.75 bits per heavy atom. The molecule has 0 spiro atoms. The van der Waals surface area contributed by atoms with Crippen LogP contribution < -0.4 is 0 Å². The van der Waals surface area contributed by atoms with Gasteiger partial charge >= 0.3 is 0 Å². The lowest BCUT2D eigenvalue weighted by Gasteiger charge is -2.07. The topological polar surface area (TPSA) is 37.3 Å². The zero-order valence-corrected chi connectivity index (χ0v) is 15.0. The van der Waals surface area contributed by atoms with Gasteiger partial charge < -0.3 is 5.11 Å². The van der Waals surface area contributed by atoms with E-state index in [1.807, 2.05) is 6.08 Å². The highest BCUT2D eigenvalue weighted by Crippen LogP contribution is 2.26. The van der Waals surface area contributed by atoms with Crippen LogP contribution in [0.2, 0.25) is 0 Å². The Morgan fingerprint density at radius 1 is 1.00 bits per heavy atom. The Bertz CT molecular complexity index is 492. The standard InChI is InChI=1S/C22H32O2/c1-2-3-4-5-6-7-8-9-13-16-21-20(17-18-22(21)24)15-12-10-11-14-19-23/h3-4,6-7,10,12,16-18,20,23H,2,5,8-9,11,13-15,19H2,1H3/b4-3-,7-6-,12-10-,21-16+/t20-/m0/s1. The summed E-state index contributed by atoms with van der Waals surface area (Å²) in [5, 5.41) is 8.76. The lowest BCUT2D eigenvalue weighted by molar-refractivity contribution is -0.111. The van der Waals surface area contributed by atoms with Gasteiger partial charge in [0.25, 0.3) is 0 Å². The molecule has 0 fully saturated rings. The highest BCUT2D eigenvalue weighted by atomic mass is 16.2. The fourth-order valence-corrected chi connectivity index (χ4v) is 2.66. The third-order valence-corrected chi connectivity index (χ3v) is 4.03. The lowest BCUT2D eigenvalue weighted by atomic mass is 9.96. The number of allylic oxidation sites excluding steroid dienone is 10. The quantitative estimate of drug-likeness (QED) is 0.293. The molecule has 1 atom stereocenters. The van der Waals surface area contributed by atoms with Crippen molar-refractivity contribution in [3.05, 3.63) is 60.3 Å². The van der Waals surface area contributed by atoms with Gasteiger partial charge in [-0.2, -0.15) is 0 Å². The predicted octanol–water partition coefficient (Wildman–Crippen LogP) is 5.47. The number of rotatable bonds is 12. The van der Waals surface area contributed by atoms with Crippen molar-refractivity contribution >= 4 is 5.78 Å². The van der Waals surface area contributed by atoms with E-state index >= 15 is 0 Å². The Hall–Kier alpha value is -1.67. The van der Waals surface area contributed by atoms with Crippen LogP contribution in [0.3, 0.4) is 0 Å². The zero-order chi connectivity index (χ0) is 17.5. The highest BCUT2D eigenvalue weighted by Gasteiger charge is 2.21. The fraction of sp³-hybridized carbons (Fsp3) is 0.500. The third-order valence-electron chi connectivity index (χ3n) is 4.03. The largest absolute Gasteiger partial charge is 0.396 e. The minimum atomic E-state index is 0.170. The van der Waals surface area contributed by atoms with Crippen molar-refractivity contribution in [3.8, 4) is 0 Å². The van der Waals surface area contributed by atoms with E-state index in [1.165, 1.54) is 0 Å². The van der Waals surface area contributed by atoms with Gasteiger partial charge in [-0.25, -0.2) is 0 Å². The molecule has 0 amide bonds. The van der Waals surface area contributed by atoms with E-state index in [4.69, 9.17) is 5.11 Å². The van der Waals surface area contributed by atoms with Crippen molar-refractivity contribution in [3.63, 3.8) is 0 Å². The van der Waals surface area contributed by atoms with Gasteiger partial charge in [0.05, 0.1) is 0 Å². The summed E-state index contributed by atoms with van der Waals surface area (Å²) in [4.78, 5) is 12.0. The zero-order valence-electron chi connectivity index (χ0n) is 15.0. The first-order valence-electron chi connectivity index (χ1n) is 9.28. The van der Waals surface area contributed by atoms with Crippen LogP contribution >= 0.6 is 0 Å². The van der Waals surface area contributed by atoms with Crippen LogP contribution in [0, 0.1) is 5.92 Å². The van der Waals surface area contributed by atoms with E-state index in [2.05, 4.69) is 49.5 Å². The summed E-state index contributed by atoms with van der Waals surface area (Å²) in [6.07, 6.45) is 26.7. The van der Waals surface area contributed by atoms with E-state index in [9.17, 15) is 4.79 Å². The molecule has 132 valence electrons. The maximum Gasteiger partial charge on any atom is 0.181 e. The van der Waals surface area contributed by atoms with Gasteiger partial charge in [0, 0.05) is 18.1 Å². The smallest absolute Gasteiger partial charge is 0.181 e. The molecule has 0 aromatic carbocycles. The average molecular weight is 328 g/mol. The highest BCUT2D eigenvalue weighted by molar-refractivity contribution is 6.07. The summed E-state index contributed by atoms with van der Waals surface area (Å²) >= 11 is 0. The summed E-state index contributed by atoms with van der Waals surface area (Å²) in [7, 11) is 0. The molecule has 0 unspecified atom stereocenters. The van der Waals surface area contributed by atoms with Crippen LogP contribution in [0.25, 0.3) is 0 Å². The molecule has 0 aromatic heterocycles. The molecule has 0 heterocycles. The van der Waals surface area contributed by atoms with E-state index in [0.717, 1.165) is 56.9 Å². The number of hydrogen-bond donors (Lipinski definition) is 1.